The highest BCUT2D eigenvalue weighted by molar-refractivity contribution is 7.99. The Morgan fingerprint density at radius 2 is 2.12 bits per heavy atom. The third-order valence-corrected chi connectivity index (χ3v) is 3.09. The molecule has 16 heavy (non-hydrogen) atoms. The molecule has 1 amide bonds. The molecule has 0 aliphatic carbocycles. The van der Waals surface area contributed by atoms with Crippen LogP contribution in [0.4, 0.5) is 5.69 Å². The lowest BCUT2D eigenvalue weighted by atomic mass is 10.2. The molecule has 0 saturated heterocycles. The van der Waals surface area contributed by atoms with E-state index in [0.29, 0.717) is 0 Å². The molecule has 0 aliphatic heterocycles. The summed E-state index contributed by atoms with van der Waals surface area (Å²) in [5.74, 6) is -0.0765. The highest BCUT2D eigenvalue weighted by Crippen LogP contribution is 2.31. The van der Waals surface area contributed by atoms with Crippen molar-refractivity contribution in [3.63, 3.8) is 0 Å². The van der Waals surface area contributed by atoms with E-state index in [1.54, 1.807) is 18.0 Å². The van der Waals surface area contributed by atoms with Crippen molar-refractivity contribution < 1.29 is 4.79 Å². The zero-order chi connectivity index (χ0) is 11.5. The van der Waals surface area contributed by atoms with E-state index in [9.17, 15) is 4.79 Å². The average molecular weight is 232 g/mol. The topological polar surface area (TPSA) is 42.0 Å². The number of thioether (sulfide) groups is 1. The van der Waals surface area contributed by atoms with Crippen molar-refractivity contribution in [3.05, 3.63) is 30.5 Å². The van der Waals surface area contributed by atoms with E-state index in [1.165, 1.54) is 6.92 Å². The van der Waals surface area contributed by atoms with Crippen LogP contribution in [-0.2, 0) is 4.79 Å². The van der Waals surface area contributed by atoms with Crippen molar-refractivity contribution in [2.75, 3.05) is 11.6 Å². The predicted octanol–water partition coefficient (Wildman–Crippen LogP) is 2.92. The molecule has 4 heteroatoms. The second kappa shape index (κ2) is 4.53. The summed E-state index contributed by atoms with van der Waals surface area (Å²) in [6, 6.07) is 7.91. The van der Waals surface area contributed by atoms with Gasteiger partial charge >= 0.3 is 0 Å². The molecule has 1 heterocycles. The van der Waals surface area contributed by atoms with Gasteiger partial charge in [0, 0.05) is 17.2 Å². The highest BCUT2D eigenvalue weighted by Gasteiger charge is 2.08. The number of aromatic nitrogens is 1. The van der Waals surface area contributed by atoms with Crippen LogP contribution in [0.1, 0.15) is 6.92 Å². The van der Waals surface area contributed by atoms with E-state index in [4.69, 9.17) is 0 Å². The van der Waals surface area contributed by atoms with Gasteiger partial charge in [-0.25, -0.2) is 0 Å². The van der Waals surface area contributed by atoms with Gasteiger partial charge in [-0.3, -0.25) is 9.78 Å². The fraction of sp³-hybridized carbons (Fsp3) is 0.167. The number of nitrogens with zero attached hydrogens (tertiary/aromatic N) is 1. The quantitative estimate of drug-likeness (QED) is 0.809. The number of pyridine rings is 1. The minimum absolute atomic E-state index is 0.0765. The first-order valence-electron chi connectivity index (χ1n) is 4.91. The van der Waals surface area contributed by atoms with Gasteiger partial charge in [0.15, 0.2) is 0 Å². The maximum atomic E-state index is 11.1. The SMILES string of the molecule is CSc1c(NC(C)=O)cnc2ccccc12. The standard InChI is InChI=1S/C12H12N2OS/c1-8(15)14-11-7-13-10-6-4-3-5-9(10)12(11)16-2/h3-7H,1-2H3,(H,14,15). The van der Waals surface area contributed by atoms with Crippen LogP contribution in [0.2, 0.25) is 0 Å². The number of rotatable bonds is 2. The number of amides is 1. The molecular formula is C12H12N2OS. The summed E-state index contributed by atoms with van der Waals surface area (Å²) in [4.78, 5) is 16.4. The fourth-order valence-corrected chi connectivity index (χ4v) is 2.33. The van der Waals surface area contributed by atoms with E-state index >= 15 is 0 Å². The van der Waals surface area contributed by atoms with Crippen molar-refractivity contribution >= 4 is 34.3 Å². The molecule has 1 N–H and O–H groups in total. The van der Waals surface area contributed by atoms with Crippen LogP contribution >= 0.6 is 11.8 Å². The first-order chi connectivity index (χ1) is 7.72. The molecule has 0 bridgehead atoms. The highest BCUT2D eigenvalue weighted by atomic mass is 32.2. The van der Waals surface area contributed by atoms with Crippen molar-refractivity contribution in [3.8, 4) is 0 Å². The van der Waals surface area contributed by atoms with Gasteiger partial charge in [-0.1, -0.05) is 18.2 Å². The number of benzene rings is 1. The predicted molar refractivity (Wildman–Crippen MR) is 67.8 cm³/mol. The molecule has 1 aromatic carbocycles. The van der Waals surface area contributed by atoms with E-state index in [-0.39, 0.29) is 5.91 Å². The number of carbonyl (C=O) groups is 1. The first-order valence-corrected chi connectivity index (χ1v) is 6.14. The third-order valence-electron chi connectivity index (χ3n) is 2.24. The number of nitrogens with one attached hydrogen (secondary N) is 1. The minimum Gasteiger partial charge on any atom is -0.324 e. The van der Waals surface area contributed by atoms with Crippen LogP contribution in [0.3, 0.4) is 0 Å². The largest absolute Gasteiger partial charge is 0.324 e. The number of carbonyl (C=O) groups excluding carboxylic acids is 1. The van der Waals surface area contributed by atoms with Crippen molar-refractivity contribution in [2.24, 2.45) is 0 Å². The lowest BCUT2D eigenvalue weighted by Crippen LogP contribution is -2.07. The van der Waals surface area contributed by atoms with Gasteiger partial charge in [0.25, 0.3) is 0 Å². The van der Waals surface area contributed by atoms with Gasteiger partial charge in [0.05, 0.1) is 17.4 Å². The molecule has 2 rings (SSSR count). The van der Waals surface area contributed by atoms with Gasteiger partial charge in [0.1, 0.15) is 0 Å². The smallest absolute Gasteiger partial charge is 0.221 e. The number of hydrogen-bond donors (Lipinski definition) is 1. The molecule has 0 unspecified atom stereocenters. The number of fused-ring (bicyclic) bond motifs is 1. The van der Waals surface area contributed by atoms with E-state index in [1.807, 2.05) is 30.5 Å². The monoisotopic (exact) mass is 232 g/mol. The maximum Gasteiger partial charge on any atom is 0.221 e. The zero-order valence-electron chi connectivity index (χ0n) is 9.15. The van der Waals surface area contributed by atoms with Crippen molar-refractivity contribution in [1.29, 1.82) is 0 Å². The maximum absolute atomic E-state index is 11.1. The lowest BCUT2D eigenvalue weighted by Gasteiger charge is -2.10. The Morgan fingerprint density at radius 3 is 2.81 bits per heavy atom. The van der Waals surface area contributed by atoms with Gasteiger partial charge < -0.3 is 5.32 Å². The Kier molecular flexibility index (Phi) is 3.10. The second-order valence-corrected chi connectivity index (χ2v) is 4.22. The Labute approximate surface area is 98.3 Å². The van der Waals surface area contributed by atoms with Crippen LogP contribution in [0.15, 0.2) is 35.4 Å². The van der Waals surface area contributed by atoms with Crippen molar-refractivity contribution in [2.45, 2.75) is 11.8 Å². The molecule has 3 nitrogen and oxygen atoms in total. The molecule has 0 radical (unpaired) electrons. The summed E-state index contributed by atoms with van der Waals surface area (Å²) in [5, 5.41) is 3.86. The molecule has 82 valence electrons. The molecule has 0 fully saturated rings. The van der Waals surface area contributed by atoms with E-state index in [0.717, 1.165) is 21.5 Å². The van der Waals surface area contributed by atoms with Gasteiger partial charge in [-0.2, -0.15) is 0 Å². The van der Waals surface area contributed by atoms with E-state index < -0.39 is 0 Å². The van der Waals surface area contributed by atoms with E-state index in [2.05, 4.69) is 10.3 Å². The summed E-state index contributed by atoms with van der Waals surface area (Å²) < 4.78 is 0. The molecule has 0 spiro atoms. The van der Waals surface area contributed by atoms with Gasteiger partial charge in [-0.05, 0) is 12.3 Å². The summed E-state index contributed by atoms with van der Waals surface area (Å²) in [6.07, 6.45) is 3.70. The normalized spacial score (nSPS) is 10.4. The Morgan fingerprint density at radius 1 is 1.38 bits per heavy atom. The number of para-hydroxylation sites is 1. The zero-order valence-corrected chi connectivity index (χ0v) is 9.97. The van der Waals surface area contributed by atoms with Gasteiger partial charge in [0.2, 0.25) is 5.91 Å². The third kappa shape index (κ3) is 2.02. The van der Waals surface area contributed by atoms with Crippen LogP contribution in [0, 0.1) is 0 Å². The van der Waals surface area contributed by atoms with Crippen LogP contribution in [0.5, 0.6) is 0 Å². The second-order valence-electron chi connectivity index (χ2n) is 3.40. The Bertz CT molecular complexity index is 540. The van der Waals surface area contributed by atoms with Gasteiger partial charge in [-0.15, -0.1) is 11.8 Å². The average Bonchev–Trinajstić information content (AvgIpc) is 2.28. The number of hydrogen-bond acceptors (Lipinski definition) is 3. The molecule has 2 aromatic rings. The summed E-state index contributed by atoms with van der Waals surface area (Å²) >= 11 is 1.61. The Hall–Kier alpha value is -1.55. The van der Waals surface area contributed by atoms with Crippen LogP contribution in [-0.4, -0.2) is 17.1 Å². The summed E-state index contributed by atoms with van der Waals surface area (Å²) in [6.45, 7) is 1.50. The van der Waals surface area contributed by atoms with Crippen LogP contribution in [0.25, 0.3) is 10.9 Å². The molecule has 0 saturated carbocycles. The molecule has 0 aliphatic rings. The molecule has 1 aromatic heterocycles. The first kappa shape index (κ1) is 11.0. The summed E-state index contributed by atoms with van der Waals surface area (Å²) in [5.41, 5.74) is 1.72. The molecule has 0 atom stereocenters. The van der Waals surface area contributed by atoms with Crippen LogP contribution < -0.4 is 5.32 Å². The summed E-state index contributed by atoms with van der Waals surface area (Å²) in [7, 11) is 0. The fourth-order valence-electron chi connectivity index (χ4n) is 1.61. The lowest BCUT2D eigenvalue weighted by molar-refractivity contribution is -0.114. The molecular weight excluding hydrogens is 220 g/mol. The minimum atomic E-state index is -0.0765. The Balaban J connectivity index is 2.63. The number of anilines is 1. The van der Waals surface area contributed by atoms with Crippen molar-refractivity contribution in [1.82, 2.24) is 4.98 Å².